The fourth-order valence-electron chi connectivity index (χ4n) is 0.904. The zero-order valence-corrected chi connectivity index (χ0v) is 7.46. The Morgan fingerprint density at radius 1 is 1.42 bits per heavy atom. The Morgan fingerprint density at radius 3 is 2.92 bits per heavy atom. The average molecular weight is 183 g/mol. The van der Waals surface area contributed by atoms with Crippen LogP contribution in [0.2, 0.25) is 5.02 Å². The fraction of sp³-hybridized carbons (Fsp3) is 0.200. The van der Waals surface area contributed by atoms with Gasteiger partial charge in [0.25, 0.3) is 0 Å². The molecule has 0 atom stereocenters. The van der Waals surface area contributed by atoms with E-state index in [1.165, 1.54) is 0 Å². The monoisotopic (exact) mass is 182 g/mol. The van der Waals surface area contributed by atoms with E-state index < -0.39 is 0 Å². The lowest BCUT2D eigenvalue weighted by atomic mass is 10.2. The molecule has 0 aliphatic rings. The molecule has 0 bridgehead atoms. The number of hydrogen-bond acceptors (Lipinski definition) is 1. The molecule has 1 aromatic carbocycles. The summed E-state index contributed by atoms with van der Waals surface area (Å²) < 4.78 is 0. The Balaban J connectivity index is 2.63. The highest BCUT2D eigenvalue weighted by Gasteiger charge is 1.87. The molecule has 12 heavy (non-hydrogen) atoms. The maximum absolute atomic E-state index is 8.52. The molecule has 1 N–H and O–H groups in total. The first-order valence-electron chi connectivity index (χ1n) is 3.86. The van der Waals surface area contributed by atoms with Gasteiger partial charge in [0.15, 0.2) is 0 Å². The molecule has 1 nitrogen and oxygen atoms in total. The van der Waals surface area contributed by atoms with Crippen LogP contribution in [0.3, 0.4) is 0 Å². The molecule has 1 aromatic rings. The summed E-state index contributed by atoms with van der Waals surface area (Å²) in [6.07, 6.45) is 4.56. The molecule has 1 rings (SSSR count). The molecule has 0 amide bonds. The lowest BCUT2D eigenvalue weighted by Gasteiger charge is -1.93. The zero-order chi connectivity index (χ0) is 8.81. The summed E-state index contributed by atoms with van der Waals surface area (Å²) in [6.45, 7) is 0.192. The van der Waals surface area contributed by atoms with E-state index in [1.807, 2.05) is 36.4 Å². The van der Waals surface area contributed by atoms with Gasteiger partial charge < -0.3 is 5.11 Å². The number of aliphatic hydroxyl groups excluding tert-OH is 1. The molecular weight excluding hydrogens is 172 g/mol. The molecule has 0 radical (unpaired) electrons. The first-order valence-corrected chi connectivity index (χ1v) is 4.23. The van der Waals surface area contributed by atoms with Gasteiger partial charge in [-0.2, -0.15) is 0 Å². The van der Waals surface area contributed by atoms with Gasteiger partial charge in [-0.1, -0.05) is 35.9 Å². The summed E-state index contributed by atoms with van der Waals surface area (Å²) in [5.74, 6) is 0. The van der Waals surface area contributed by atoms with Gasteiger partial charge in [0.05, 0.1) is 0 Å². The van der Waals surface area contributed by atoms with Gasteiger partial charge in [-0.05, 0) is 24.1 Å². The van der Waals surface area contributed by atoms with Crippen LogP contribution in [0, 0.1) is 0 Å². The summed E-state index contributed by atoms with van der Waals surface area (Å²) >= 11 is 5.77. The third-order valence-corrected chi connectivity index (χ3v) is 1.69. The van der Waals surface area contributed by atoms with Crippen LogP contribution in [0.15, 0.2) is 30.3 Å². The molecule has 0 aromatic heterocycles. The van der Waals surface area contributed by atoms with E-state index in [2.05, 4.69) is 0 Å². The zero-order valence-electron chi connectivity index (χ0n) is 6.70. The highest BCUT2D eigenvalue weighted by Crippen LogP contribution is 2.11. The molecule has 64 valence electrons. The molecule has 0 aliphatic heterocycles. The van der Waals surface area contributed by atoms with Crippen LogP contribution in [-0.2, 0) is 0 Å². The Morgan fingerprint density at radius 2 is 2.25 bits per heavy atom. The van der Waals surface area contributed by atoms with Gasteiger partial charge in [-0.3, -0.25) is 0 Å². The molecular formula is C10H11ClO. The fourth-order valence-corrected chi connectivity index (χ4v) is 1.10. The van der Waals surface area contributed by atoms with Crippen molar-refractivity contribution in [3.8, 4) is 0 Å². The van der Waals surface area contributed by atoms with Gasteiger partial charge >= 0.3 is 0 Å². The lowest BCUT2D eigenvalue weighted by Crippen LogP contribution is -1.76. The molecule has 2 heteroatoms. The number of hydrogen-bond donors (Lipinski definition) is 1. The summed E-state index contributed by atoms with van der Waals surface area (Å²) in [4.78, 5) is 0. The van der Waals surface area contributed by atoms with Crippen LogP contribution in [0.25, 0.3) is 6.08 Å². The van der Waals surface area contributed by atoms with Crippen molar-refractivity contribution in [2.45, 2.75) is 6.42 Å². The van der Waals surface area contributed by atoms with Crippen molar-refractivity contribution in [2.75, 3.05) is 6.61 Å². The third-order valence-electron chi connectivity index (χ3n) is 1.45. The Bertz CT molecular complexity index is 268. The number of aliphatic hydroxyl groups is 1. The van der Waals surface area contributed by atoms with Gasteiger partial charge in [-0.25, -0.2) is 0 Å². The predicted molar refractivity (Wildman–Crippen MR) is 52.2 cm³/mol. The second-order valence-electron chi connectivity index (χ2n) is 2.47. The minimum absolute atomic E-state index is 0.192. The second-order valence-corrected chi connectivity index (χ2v) is 2.91. The van der Waals surface area contributed by atoms with Crippen molar-refractivity contribution < 1.29 is 5.11 Å². The third kappa shape index (κ3) is 3.07. The van der Waals surface area contributed by atoms with E-state index >= 15 is 0 Å². The van der Waals surface area contributed by atoms with Crippen LogP contribution in [0.5, 0.6) is 0 Å². The van der Waals surface area contributed by atoms with E-state index in [9.17, 15) is 0 Å². The summed E-state index contributed by atoms with van der Waals surface area (Å²) in [5, 5.41) is 9.26. The summed E-state index contributed by atoms with van der Waals surface area (Å²) in [6, 6.07) is 7.60. The number of rotatable bonds is 3. The van der Waals surface area contributed by atoms with Crippen molar-refractivity contribution >= 4 is 17.7 Å². The van der Waals surface area contributed by atoms with Gasteiger partial charge in [0.1, 0.15) is 0 Å². The highest BCUT2D eigenvalue weighted by atomic mass is 35.5. The highest BCUT2D eigenvalue weighted by molar-refractivity contribution is 6.30. The van der Waals surface area contributed by atoms with Crippen molar-refractivity contribution in [1.29, 1.82) is 0 Å². The van der Waals surface area contributed by atoms with E-state index in [-0.39, 0.29) is 6.61 Å². The van der Waals surface area contributed by atoms with Crippen molar-refractivity contribution in [1.82, 2.24) is 0 Å². The van der Waals surface area contributed by atoms with E-state index in [0.717, 1.165) is 10.6 Å². The second kappa shape index (κ2) is 4.96. The van der Waals surface area contributed by atoms with E-state index in [0.29, 0.717) is 6.42 Å². The summed E-state index contributed by atoms with van der Waals surface area (Å²) in [7, 11) is 0. The van der Waals surface area contributed by atoms with Crippen LogP contribution < -0.4 is 0 Å². The predicted octanol–water partition coefficient (Wildman–Crippen LogP) is 2.74. The minimum Gasteiger partial charge on any atom is -0.396 e. The first-order chi connectivity index (χ1) is 5.83. The Kier molecular flexibility index (Phi) is 3.85. The summed E-state index contributed by atoms with van der Waals surface area (Å²) in [5.41, 5.74) is 1.07. The Hall–Kier alpha value is -0.790. The lowest BCUT2D eigenvalue weighted by molar-refractivity contribution is 0.303. The normalized spacial score (nSPS) is 10.8. The molecule has 0 heterocycles. The van der Waals surface area contributed by atoms with E-state index in [4.69, 9.17) is 16.7 Å². The molecule has 0 unspecified atom stereocenters. The minimum atomic E-state index is 0.192. The van der Waals surface area contributed by atoms with Crippen LogP contribution in [-0.4, -0.2) is 11.7 Å². The first kappa shape index (κ1) is 9.30. The number of benzene rings is 1. The van der Waals surface area contributed by atoms with Crippen LogP contribution in [0.1, 0.15) is 12.0 Å². The quantitative estimate of drug-likeness (QED) is 0.762. The van der Waals surface area contributed by atoms with Crippen molar-refractivity contribution in [3.63, 3.8) is 0 Å². The maximum atomic E-state index is 8.52. The van der Waals surface area contributed by atoms with Gasteiger partial charge in [0, 0.05) is 11.6 Å². The van der Waals surface area contributed by atoms with Gasteiger partial charge in [0.2, 0.25) is 0 Å². The molecule has 0 saturated carbocycles. The largest absolute Gasteiger partial charge is 0.396 e. The average Bonchev–Trinajstić information content (AvgIpc) is 2.05. The molecule has 0 fully saturated rings. The Labute approximate surface area is 77.3 Å². The standard InChI is InChI=1S/C10H11ClO/c11-10-6-3-5-9(8-10)4-1-2-7-12/h1,3-6,8,12H,2,7H2/b4-1+. The molecule has 0 aliphatic carbocycles. The van der Waals surface area contributed by atoms with Crippen molar-refractivity contribution in [3.05, 3.63) is 40.9 Å². The van der Waals surface area contributed by atoms with Crippen molar-refractivity contribution in [2.24, 2.45) is 0 Å². The van der Waals surface area contributed by atoms with E-state index in [1.54, 1.807) is 0 Å². The topological polar surface area (TPSA) is 20.2 Å². The SMILES string of the molecule is OCC/C=C/c1cccc(Cl)c1. The van der Waals surface area contributed by atoms with Gasteiger partial charge in [-0.15, -0.1) is 0 Å². The van der Waals surface area contributed by atoms with Crippen LogP contribution in [0.4, 0.5) is 0 Å². The van der Waals surface area contributed by atoms with Crippen LogP contribution >= 0.6 is 11.6 Å². The smallest absolute Gasteiger partial charge is 0.0465 e. The maximum Gasteiger partial charge on any atom is 0.0465 e. The molecule has 0 saturated heterocycles. The number of halogens is 1. The molecule has 0 spiro atoms.